The molecule has 1 aromatic carbocycles. The molecule has 150 valence electrons. The van der Waals surface area contributed by atoms with E-state index in [2.05, 4.69) is 23.9 Å². The molecule has 0 N–H and O–H groups in total. The zero-order valence-corrected chi connectivity index (χ0v) is 17.2. The van der Waals surface area contributed by atoms with Gasteiger partial charge in [0.15, 0.2) is 11.5 Å². The Bertz CT molecular complexity index is 838. The Balaban J connectivity index is 1.78. The standard InChI is InChI=1S/C22H29N3O3/c1-5-6-10-24(2)18-7-9-23-19(14-18)22(26)25-11-8-16-12-20(27-3)21(28-4)13-17(16)15-25/h7,9,12-14H,5-6,8,10-11,15H2,1-4H3. The second kappa shape index (κ2) is 8.95. The smallest absolute Gasteiger partial charge is 0.272 e. The van der Waals surface area contributed by atoms with Crippen LogP contribution in [0.15, 0.2) is 30.5 Å². The number of fused-ring (bicyclic) bond motifs is 1. The number of carbonyl (C=O) groups excluding carboxylic acids is 1. The molecule has 1 aliphatic heterocycles. The number of carbonyl (C=O) groups is 1. The predicted molar refractivity (Wildman–Crippen MR) is 110 cm³/mol. The van der Waals surface area contributed by atoms with E-state index in [1.807, 2.05) is 29.2 Å². The largest absolute Gasteiger partial charge is 0.493 e. The van der Waals surface area contributed by atoms with Gasteiger partial charge in [-0.05, 0) is 48.2 Å². The van der Waals surface area contributed by atoms with Crippen molar-refractivity contribution in [1.29, 1.82) is 0 Å². The van der Waals surface area contributed by atoms with Gasteiger partial charge < -0.3 is 19.3 Å². The number of rotatable bonds is 7. The third kappa shape index (κ3) is 4.21. The Labute approximate surface area is 167 Å². The van der Waals surface area contributed by atoms with E-state index in [1.54, 1.807) is 20.4 Å². The Hall–Kier alpha value is -2.76. The van der Waals surface area contributed by atoms with Crippen LogP contribution in [-0.2, 0) is 13.0 Å². The Morgan fingerprint density at radius 2 is 1.89 bits per heavy atom. The highest BCUT2D eigenvalue weighted by atomic mass is 16.5. The monoisotopic (exact) mass is 383 g/mol. The SMILES string of the molecule is CCCCN(C)c1ccnc(C(=O)N2CCc3cc(OC)c(OC)cc3C2)c1. The van der Waals surface area contributed by atoms with Crippen molar-refractivity contribution < 1.29 is 14.3 Å². The van der Waals surface area contributed by atoms with E-state index in [0.717, 1.165) is 42.8 Å². The fourth-order valence-corrected chi connectivity index (χ4v) is 3.52. The fraction of sp³-hybridized carbons (Fsp3) is 0.455. The number of hydrogen-bond donors (Lipinski definition) is 0. The zero-order valence-electron chi connectivity index (χ0n) is 17.2. The molecular formula is C22H29N3O3. The van der Waals surface area contributed by atoms with E-state index in [4.69, 9.17) is 9.47 Å². The highest BCUT2D eigenvalue weighted by Gasteiger charge is 2.24. The summed E-state index contributed by atoms with van der Waals surface area (Å²) in [6.07, 6.45) is 4.77. The van der Waals surface area contributed by atoms with Crippen LogP contribution in [0, 0.1) is 0 Å². The molecular weight excluding hydrogens is 354 g/mol. The molecule has 0 unspecified atom stereocenters. The van der Waals surface area contributed by atoms with Crippen LogP contribution in [0.25, 0.3) is 0 Å². The molecule has 0 radical (unpaired) electrons. The first-order valence-electron chi connectivity index (χ1n) is 9.77. The second-order valence-electron chi connectivity index (χ2n) is 7.13. The number of anilines is 1. The van der Waals surface area contributed by atoms with Crippen LogP contribution in [0.2, 0.25) is 0 Å². The maximum atomic E-state index is 13.1. The molecule has 1 aliphatic rings. The normalized spacial score (nSPS) is 13.1. The van der Waals surface area contributed by atoms with Gasteiger partial charge in [0.1, 0.15) is 5.69 Å². The molecule has 3 rings (SSSR count). The summed E-state index contributed by atoms with van der Waals surface area (Å²) in [7, 11) is 5.32. The van der Waals surface area contributed by atoms with Crippen molar-refractivity contribution in [3.63, 3.8) is 0 Å². The average Bonchev–Trinajstić information content (AvgIpc) is 2.75. The summed E-state index contributed by atoms with van der Waals surface area (Å²) < 4.78 is 10.8. The summed E-state index contributed by atoms with van der Waals surface area (Å²) in [4.78, 5) is 21.4. The van der Waals surface area contributed by atoms with Crippen LogP contribution < -0.4 is 14.4 Å². The predicted octanol–water partition coefficient (Wildman–Crippen LogP) is 3.53. The molecule has 2 aromatic rings. The fourth-order valence-electron chi connectivity index (χ4n) is 3.52. The summed E-state index contributed by atoms with van der Waals surface area (Å²) in [5.41, 5.74) is 3.80. The lowest BCUT2D eigenvalue weighted by Gasteiger charge is -2.29. The Kier molecular flexibility index (Phi) is 6.39. The van der Waals surface area contributed by atoms with Crippen molar-refractivity contribution >= 4 is 11.6 Å². The van der Waals surface area contributed by atoms with Gasteiger partial charge in [0, 0.05) is 38.6 Å². The first-order valence-corrected chi connectivity index (χ1v) is 9.77. The molecule has 0 bridgehead atoms. The first kappa shape index (κ1) is 20.0. The summed E-state index contributed by atoms with van der Waals surface area (Å²) in [5.74, 6) is 1.38. The van der Waals surface area contributed by atoms with Crippen molar-refractivity contribution in [2.75, 3.05) is 39.3 Å². The zero-order chi connectivity index (χ0) is 20.1. The molecule has 0 saturated heterocycles. The van der Waals surface area contributed by atoms with E-state index < -0.39 is 0 Å². The summed E-state index contributed by atoms with van der Waals surface area (Å²) in [6.45, 7) is 4.35. The van der Waals surface area contributed by atoms with Crippen LogP contribution in [-0.4, -0.2) is 50.1 Å². The van der Waals surface area contributed by atoms with Gasteiger partial charge in [-0.3, -0.25) is 9.78 Å². The van der Waals surface area contributed by atoms with Gasteiger partial charge in [-0.15, -0.1) is 0 Å². The molecule has 1 amide bonds. The molecule has 1 aromatic heterocycles. The van der Waals surface area contributed by atoms with E-state index in [-0.39, 0.29) is 5.91 Å². The third-order valence-electron chi connectivity index (χ3n) is 5.26. The second-order valence-corrected chi connectivity index (χ2v) is 7.13. The minimum Gasteiger partial charge on any atom is -0.493 e. The summed E-state index contributed by atoms with van der Waals surface area (Å²) in [6, 6.07) is 7.82. The lowest BCUT2D eigenvalue weighted by Crippen LogP contribution is -2.36. The van der Waals surface area contributed by atoms with E-state index in [1.165, 1.54) is 5.56 Å². The first-order chi connectivity index (χ1) is 13.6. The number of unbranched alkanes of at least 4 members (excludes halogenated alkanes) is 1. The highest BCUT2D eigenvalue weighted by Crippen LogP contribution is 2.33. The average molecular weight is 383 g/mol. The molecule has 28 heavy (non-hydrogen) atoms. The number of ether oxygens (including phenoxy) is 2. The summed E-state index contributed by atoms with van der Waals surface area (Å²) >= 11 is 0. The lowest BCUT2D eigenvalue weighted by molar-refractivity contribution is 0.0728. The minimum absolute atomic E-state index is 0.0359. The summed E-state index contributed by atoms with van der Waals surface area (Å²) in [5, 5.41) is 0. The molecule has 0 spiro atoms. The van der Waals surface area contributed by atoms with Gasteiger partial charge in [-0.1, -0.05) is 13.3 Å². The topological polar surface area (TPSA) is 54.9 Å². The third-order valence-corrected chi connectivity index (χ3v) is 5.26. The maximum absolute atomic E-state index is 13.1. The van der Waals surface area contributed by atoms with Crippen molar-refractivity contribution in [2.24, 2.45) is 0 Å². The molecule has 0 atom stereocenters. The van der Waals surface area contributed by atoms with Crippen LogP contribution in [0.5, 0.6) is 11.5 Å². The molecule has 0 aliphatic carbocycles. The Morgan fingerprint density at radius 1 is 1.18 bits per heavy atom. The van der Waals surface area contributed by atoms with Crippen LogP contribution >= 0.6 is 0 Å². The highest BCUT2D eigenvalue weighted by molar-refractivity contribution is 5.93. The Morgan fingerprint density at radius 3 is 2.57 bits per heavy atom. The van der Waals surface area contributed by atoms with Gasteiger partial charge in [0.25, 0.3) is 5.91 Å². The van der Waals surface area contributed by atoms with Crippen LogP contribution in [0.4, 0.5) is 5.69 Å². The van der Waals surface area contributed by atoms with E-state index in [9.17, 15) is 4.79 Å². The molecule has 6 heteroatoms. The number of aromatic nitrogens is 1. The number of nitrogens with zero attached hydrogens (tertiary/aromatic N) is 3. The molecule has 0 saturated carbocycles. The van der Waals surface area contributed by atoms with Gasteiger partial charge in [0.2, 0.25) is 0 Å². The number of methoxy groups -OCH3 is 2. The van der Waals surface area contributed by atoms with E-state index in [0.29, 0.717) is 24.5 Å². The van der Waals surface area contributed by atoms with Crippen molar-refractivity contribution in [1.82, 2.24) is 9.88 Å². The van der Waals surface area contributed by atoms with Gasteiger partial charge in [-0.25, -0.2) is 0 Å². The van der Waals surface area contributed by atoms with Crippen molar-refractivity contribution in [3.8, 4) is 11.5 Å². The van der Waals surface area contributed by atoms with Gasteiger partial charge in [-0.2, -0.15) is 0 Å². The van der Waals surface area contributed by atoms with E-state index >= 15 is 0 Å². The van der Waals surface area contributed by atoms with Gasteiger partial charge >= 0.3 is 0 Å². The molecule has 2 heterocycles. The number of amides is 1. The number of pyridine rings is 1. The number of hydrogen-bond acceptors (Lipinski definition) is 5. The maximum Gasteiger partial charge on any atom is 0.272 e. The minimum atomic E-state index is -0.0359. The van der Waals surface area contributed by atoms with Crippen LogP contribution in [0.3, 0.4) is 0 Å². The molecule has 6 nitrogen and oxygen atoms in total. The van der Waals surface area contributed by atoms with Crippen molar-refractivity contribution in [3.05, 3.63) is 47.3 Å². The molecule has 0 fully saturated rings. The van der Waals surface area contributed by atoms with Gasteiger partial charge in [0.05, 0.1) is 14.2 Å². The lowest BCUT2D eigenvalue weighted by atomic mass is 9.98. The number of benzene rings is 1. The van der Waals surface area contributed by atoms with Crippen molar-refractivity contribution in [2.45, 2.75) is 32.7 Å². The van der Waals surface area contributed by atoms with Crippen LogP contribution in [0.1, 0.15) is 41.4 Å². The quantitative estimate of drug-likeness (QED) is 0.732.